The third-order valence-corrected chi connectivity index (χ3v) is 6.79. The lowest BCUT2D eigenvalue weighted by atomic mass is 9.88. The summed E-state index contributed by atoms with van der Waals surface area (Å²) in [5, 5.41) is 10.2. The van der Waals surface area contributed by atoms with E-state index in [1.807, 2.05) is 0 Å². The van der Waals surface area contributed by atoms with Crippen LogP contribution in [0.25, 0.3) is 27.8 Å². The van der Waals surface area contributed by atoms with Crippen LogP contribution in [0.4, 0.5) is 26.3 Å². The van der Waals surface area contributed by atoms with E-state index in [9.17, 15) is 36.2 Å². The summed E-state index contributed by atoms with van der Waals surface area (Å²) in [5.74, 6) is 0.0802. The molecule has 3 aromatic carbocycles. The second kappa shape index (κ2) is 10.2. The van der Waals surface area contributed by atoms with Gasteiger partial charge < -0.3 is 5.11 Å². The Morgan fingerprint density at radius 1 is 0.829 bits per heavy atom. The number of fused-ring (bicyclic) bond motifs is 1. The summed E-state index contributed by atoms with van der Waals surface area (Å²) in [6.07, 6.45) is -10.6. The van der Waals surface area contributed by atoms with Gasteiger partial charge in [0.25, 0.3) is 11.2 Å². The second-order valence-electron chi connectivity index (χ2n) is 9.48. The van der Waals surface area contributed by atoms with Gasteiger partial charge in [-0.3, -0.25) is 14.3 Å². The predicted molar refractivity (Wildman–Crippen MR) is 141 cm³/mol. The Labute approximate surface area is 229 Å². The Bertz CT molecular complexity index is 1770. The first kappa shape index (κ1) is 28.0. The molecule has 0 spiro atoms. The number of aryl methyl sites for hydroxylation is 1. The van der Waals surface area contributed by atoms with Gasteiger partial charge in [-0.25, -0.2) is 4.98 Å². The summed E-state index contributed by atoms with van der Waals surface area (Å²) in [7, 11) is 0. The number of benzene rings is 3. The topological polar surface area (TPSA) is 68.0 Å². The van der Waals surface area contributed by atoms with Crippen molar-refractivity contribution in [2.45, 2.75) is 31.3 Å². The summed E-state index contributed by atoms with van der Waals surface area (Å²) in [5.41, 5.74) is -6.00. The highest BCUT2D eigenvalue weighted by atomic mass is 19.4. The van der Waals surface area contributed by atoms with Crippen molar-refractivity contribution in [1.82, 2.24) is 14.5 Å². The van der Waals surface area contributed by atoms with Crippen LogP contribution < -0.4 is 5.56 Å². The third-order valence-electron chi connectivity index (χ3n) is 6.79. The monoisotopic (exact) mass is 569 g/mol. The van der Waals surface area contributed by atoms with E-state index in [2.05, 4.69) is 9.97 Å². The summed E-state index contributed by atoms with van der Waals surface area (Å²) in [6.45, 7) is 1.02. The van der Waals surface area contributed by atoms with Crippen LogP contribution >= 0.6 is 0 Å². The fraction of sp³-hybridized carbons (Fsp3) is 0.167. The summed E-state index contributed by atoms with van der Waals surface area (Å²) in [6, 6.07) is 21.5. The van der Waals surface area contributed by atoms with Crippen molar-refractivity contribution in [3.05, 3.63) is 124 Å². The van der Waals surface area contributed by atoms with E-state index >= 15 is 0 Å². The predicted octanol–water partition coefficient (Wildman–Crippen LogP) is 6.66. The fourth-order valence-corrected chi connectivity index (χ4v) is 4.69. The van der Waals surface area contributed by atoms with E-state index in [4.69, 9.17) is 0 Å². The molecular formula is C30H21F6N3O2. The second-order valence-corrected chi connectivity index (χ2v) is 9.48. The van der Waals surface area contributed by atoms with Crippen LogP contribution in [0, 0.1) is 6.92 Å². The quantitative estimate of drug-likeness (QED) is 0.241. The molecule has 0 atom stereocenters. The molecule has 0 fully saturated rings. The van der Waals surface area contributed by atoms with Crippen molar-refractivity contribution in [2.24, 2.45) is 0 Å². The number of hydrogen-bond donors (Lipinski definition) is 1. The van der Waals surface area contributed by atoms with Crippen molar-refractivity contribution in [1.29, 1.82) is 0 Å². The number of pyridine rings is 1. The first-order valence-corrected chi connectivity index (χ1v) is 12.3. The highest BCUT2D eigenvalue weighted by Gasteiger charge is 2.71. The standard InChI is InChI=1S/C30H21F6N3O2/c1-18-10-12-21(17-23(18)28(41,29(31,32)33)30(34,35)36)39-26(15-19-7-3-2-4-8-19)38-25-13-11-20(16-22(25)27(39)40)24-9-5-6-14-37-24/h2-14,16-17,41H,15H2,1H3. The third kappa shape index (κ3) is 4.97. The van der Waals surface area contributed by atoms with Crippen LogP contribution in [0.15, 0.2) is 95.9 Å². The molecule has 5 aromatic rings. The van der Waals surface area contributed by atoms with Crippen LogP contribution in [0.3, 0.4) is 0 Å². The molecule has 0 unspecified atom stereocenters. The zero-order valence-corrected chi connectivity index (χ0v) is 21.3. The van der Waals surface area contributed by atoms with Gasteiger partial charge in [0.05, 0.1) is 22.3 Å². The van der Waals surface area contributed by atoms with Crippen LogP contribution in [0.2, 0.25) is 0 Å². The van der Waals surface area contributed by atoms with Gasteiger partial charge in [-0.1, -0.05) is 48.5 Å². The van der Waals surface area contributed by atoms with Crippen molar-refractivity contribution in [2.75, 3.05) is 0 Å². The van der Waals surface area contributed by atoms with E-state index in [1.54, 1.807) is 66.9 Å². The largest absolute Gasteiger partial charge is 0.430 e. The maximum atomic E-state index is 14.0. The number of hydrogen-bond acceptors (Lipinski definition) is 4. The van der Waals surface area contributed by atoms with E-state index in [1.165, 1.54) is 12.1 Å². The van der Waals surface area contributed by atoms with Crippen molar-refractivity contribution < 1.29 is 31.4 Å². The van der Waals surface area contributed by atoms with E-state index in [-0.39, 0.29) is 28.8 Å². The molecule has 41 heavy (non-hydrogen) atoms. The molecular weight excluding hydrogens is 548 g/mol. The number of rotatable bonds is 5. The first-order valence-electron chi connectivity index (χ1n) is 12.3. The van der Waals surface area contributed by atoms with Gasteiger partial charge in [0.15, 0.2) is 0 Å². The van der Waals surface area contributed by atoms with Gasteiger partial charge in [-0.2, -0.15) is 26.3 Å². The zero-order valence-electron chi connectivity index (χ0n) is 21.3. The van der Waals surface area contributed by atoms with Crippen molar-refractivity contribution in [3.63, 3.8) is 0 Å². The molecule has 210 valence electrons. The van der Waals surface area contributed by atoms with Gasteiger partial charge in [-0.15, -0.1) is 0 Å². The molecule has 0 radical (unpaired) electrons. The van der Waals surface area contributed by atoms with Crippen LogP contribution in [0.1, 0.15) is 22.5 Å². The fourth-order valence-electron chi connectivity index (χ4n) is 4.69. The maximum absolute atomic E-state index is 14.0. The lowest BCUT2D eigenvalue weighted by Crippen LogP contribution is -2.54. The number of nitrogens with zero attached hydrogens (tertiary/aromatic N) is 3. The molecule has 0 aliphatic heterocycles. The van der Waals surface area contributed by atoms with E-state index in [0.29, 0.717) is 22.9 Å². The van der Waals surface area contributed by atoms with Crippen LogP contribution in [-0.4, -0.2) is 32.0 Å². The van der Waals surface area contributed by atoms with Gasteiger partial charge in [0.2, 0.25) is 0 Å². The molecule has 5 rings (SSSR count). The zero-order chi connectivity index (χ0) is 29.6. The van der Waals surface area contributed by atoms with Crippen LogP contribution in [-0.2, 0) is 12.0 Å². The molecule has 0 aliphatic carbocycles. The lowest BCUT2D eigenvalue weighted by Gasteiger charge is -2.34. The number of halogens is 6. The number of alkyl halides is 6. The minimum Gasteiger partial charge on any atom is -0.369 e. The molecule has 0 aliphatic rings. The Kier molecular flexibility index (Phi) is 6.94. The first-order chi connectivity index (χ1) is 19.3. The summed E-state index contributed by atoms with van der Waals surface area (Å²) in [4.78, 5) is 22.8. The molecule has 2 aromatic heterocycles. The average Bonchev–Trinajstić information content (AvgIpc) is 2.93. The lowest BCUT2D eigenvalue weighted by molar-refractivity contribution is -0.376. The molecule has 1 N–H and O–H groups in total. The van der Waals surface area contributed by atoms with Crippen molar-refractivity contribution >= 4 is 10.9 Å². The molecule has 0 amide bonds. The van der Waals surface area contributed by atoms with Gasteiger partial charge in [-0.05, 0) is 54.4 Å². The SMILES string of the molecule is Cc1ccc(-n2c(Cc3ccccc3)nc3ccc(-c4ccccn4)cc3c2=O)cc1C(O)(C(F)(F)F)C(F)(F)F. The molecule has 0 saturated carbocycles. The number of aromatic nitrogens is 3. The van der Waals surface area contributed by atoms with E-state index in [0.717, 1.165) is 17.6 Å². The average molecular weight is 570 g/mol. The summed E-state index contributed by atoms with van der Waals surface area (Å²) < 4.78 is 83.8. The van der Waals surface area contributed by atoms with Gasteiger partial charge >= 0.3 is 12.4 Å². The van der Waals surface area contributed by atoms with E-state index < -0.39 is 34.6 Å². The smallest absolute Gasteiger partial charge is 0.369 e. The normalized spacial score (nSPS) is 12.6. The van der Waals surface area contributed by atoms with Gasteiger partial charge in [0.1, 0.15) is 5.82 Å². The van der Waals surface area contributed by atoms with Gasteiger partial charge in [0, 0.05) is 23.7 Å². The Morgan fingerprint density at radius 3 is 2.15 bits per heavy atom. The maximum Gasteiger partial charge on any atom is 0.430 e. The molecule has 11 heteroatoms. The van der Waals surface area contributed by atoms with Crippen molar-refractivity contribution in [3.8, 4) is 16.9 Å². The summed E-state index contributed by atoms with van der Waals surface area (Å²) >= 11 is 0. The molecule has 2 heterocycles. The Balaban J connectivity index is 1.80. The minimum absolute atomic E-state index is 0.0417. The number of aliphatic hydroxyl groups is 1. The highest BCUT2D eigenvalue weighted by molar-refractivity contribution is 5.83. The Hall–Kier alpha value is -4.51. The molecule has 0 bridgehead atoms. The minimum atomic E-state index is -6.09. The highest BCUT2D eigenvalue weighted by Crippen LogP contribution is 2.51. The van der Waals surface area contributed by atoms with Crippen LogP contribution in [0.5, 0.6) is 0 Å². The molecule has 0 saturated heterocycles. The molecule has 5 nitrogen and oxygen atoms in total. The Morgan fingerprint density at radius 2 is 1.51 bits per heavy atom.